The zero-order valence-electron chi connectivity index (χ0n) is 14.6. The molecule has 6 heteroatoms. The predicted octanol–water partition coefficient (Wildman–Crippen LogP) is 4.34. The number of aryl methyl sites for hydroxylation is 1. The van der Waals surface area contributed by atoms with E-state index in [0.717, 1.165) is 48.4 Å². The van der Waals surface area contributed by atoms with Crippen molar-refractivity contribution < 1.29 is 4.79 Å². The maximum atomic E-state index is 13.0. The highest BCUT2D eigenvalue weighted by molar-refractivity contribution is 6.07. The number of carbonyl (C=O) groups is 1. The van der Waals surface area contributed by atoms with Crippen LogP contribution in [0.1, 0.15) is 28.9 Å². The van der Waals surface area contributed by atoms with Crippen molar-refractivity contribution in [2.75, 3.05) is 18.4 Å². The van der Waals surface area contributed by atoms with Crippen molar-refractivity contribution in [1.82, 2.24) is 14.9 Å². The molecular weight excluding hydrogens is 348 g/mol. The summed E-state index contributed by atoms with van der Waals surface area (Å²) < 4.78 is 0. The second kappa shape index (κ2) is 7.70. The van der Waals surface area contributed by atoms with Crippen LogP contribution in [0.15, 0.2) is 48.7 Å². The van der Waals surface area contributed by atoms with E-state index in [-0.39, 0.29) is 18.3 Å². The number of nitrogens with zero attached hydrogens (tertiary/aromatic N) is 3. The zero-order valence-corrected chi connectivity index (χ0v) is 15.4. The Morgan fingerprint density at radius 1 is 1.08 bits per heavy atom. The first-order valence-electron chi connectivity index (χ1n) is 8.60. The Bertz CT molecular complexity index is 924. The second-order valence-electron chi connectivity index (χ2n) is 6.36. The van der Waals surface area contributed by atoms with Gasteiger partial charge >= 0.3 is 0 Å². The van der Waals surface area contributed by atoms with Crippen molar-refractivity contribution in [3.8, 4) is 0 Å². The van der Waals surface area contributed by atoms with E-state index in [2.05, 4.69) is 15.3 Å². The number of anilines is 2. The third kappa shape index (κ3) is 3.48. The highest BCUT2D eigenvalue weighted by atomic mass is 35.5. The third-order valence-corrected chi connectivity index (χ3v) is 4.54. The number of pyridine rings is 2. The Kier molecular flexibility index (Phi) is 5.38. The summed E-state index contributed by atoms with van der Waals surface area (Å²) in [5.74, 6) is 0.0332. The molecule has 1 aliphatic heterocycles. The molecule has 1 amide bonds. The molecule has 3 aromatic rings. The molecule has 2 aromatic heterocycles. The fourth-order valence-electron chi connectivity index (χ4n) is 3.23. The molecule has 5 nitrogen and oxygen atoms in total. The second-order valence-corrected chi connectivity index (χ2v) is 6.36. The van der Waals surface area contributed by atoms with Gasteiger partial charge in [-0.2, -0.15) is 0 Å². The van der Waals surface area contributed by atoms with Crippen LogP contribution in [-0.2, 0) is 0 Å². The lowest BCUT2D eigenvalue weighted by atomic mass is 10.1. The Balaban J connectivity index is 0.00000196. The lowest BCUT2D eigenvalue weighted by molar-refractivity contribution is 0.0793. The van der Waals surface area contributed by atoms with Gasteiger partial charge in [-0.3, -0.25) is 4.79 Å². The van der Waals surface area contributed by atoms with Crippen LogP contribution >= 0.6 is 12.4 Å². The first-order chi connectivity index (χ1) is 12.2. The highest BCUT2D eigenvalue weighted by Crippen LogP contribution is 2.30. The summed E-state index contributed by atoms with van der Waals surface area (Å²) in [5, 5.41) is 4.27. The third-order valence-electron chi connectivity index (χ3n) is 4.54. The largest absolute Gasteiger partial charge is 0.354 e. The number of nitrogens with one attached hydrogen (secondary N) is 1. The topological polar surface area (TPSA) is 58.1 Å². The van der Waals surface area contributed by atoms with Crippen LogP contribution in [0.4, 0.5) is 11.4 Å². The summed E-state index contributed by atoms with van der Waals surface area (Å²) >= 11 is 0. The molecule has 134 valence electrons. The Morgan fingerprint density at radius 2 is 1.81 bits per heavy atom. The van der Waals surface area contributed by atoms with E-state index in [9.17, 15) is 4.79 Å². The van der Waals surface area contributed by atoms with E-state index in [1.54, 1.807) is 6.20 Å². The van der Waals surface area contributed by atoms with Gasteiger partial charge in [0, 0.05) is 36.1 Å². The number of rotatable bonds is 3. The fourth-order valence-corrected chi connectivity index (χ4v) is 3.23. The molecule has 0 aliphatic carbocycles. The van der Waals surface area contributed by atoms with Crippen LogP contribution in [0.25, 0.3) is 11.0 Å². The van der Waals surface area contributed by atoms with Gasteiger partial charge in [-0.15, -0.1) is 12.4 Å². The standard InChI is InChI=1S/C20H20N4O.ClH/c1-14-9-10-16-18(23-15-7-3-2-4-8-15)17(13-21-19(16)22-14)20(25)24-11-5-6-12-24;/h2-4,7-10,13H,5-6,11-12H2,1H3,(H,21,22,23);1H. The van der Waals surface area contributed by atoms with Gasteiger partial charge in [0.1, 0.15) is 0 Å². The molecule has 1 aliphatic rings. The summed E-state index contributed by atoms with van der Waals surface area (Å²) in [7, 11) is 0. The van der Waals surface area contributed by atoms with Crippen LogP contribution in [0.5, 0.6) is 0 Å². The van der Waals surface area contributed by atoms with Gasteiger partial charge in [-0.25, -0.2) is 9.97 Å². The summed E-state index contributed by atoms with van der Waals surface area (Å²) in [4.78, 5) is 23.8. The molecule has 1 saturated heterocycles. The minimum atomic E-state index is 0. The number of benzene rings is 1. The molecule has 0 atom stereocenters. The minimum Gasteiger partial charge on any atom is -0.354 e. The molecule has 0 saturated carbocycles. The minimum absolute atomic E-state index is 0. The highest BCUT2D eigenvalue weighted by Gasteiger charge is 2.24. The lowest BCUT2D eigenvalue weighted by Crippen LogP contribution is -2.28. The van der Waals surface area contributed by atoms with Crippen LogP contribution in [0.2, 0.25) is 0 Å². The van der Waals surface area contributed by atoms with E-state index >= 15 is 0 Å². The van der Waals surface area contributed by atoms with E-state index < -0.39 is 0 Å². The van der Waals surface area contributed by atoms with Crippen molar-refractivity contribution >= 4 is 40.7 Å². The number of aromatic nitrogens is 2. The maximum Gasteiger partial charge on any atom is 0.257 e. The summed E-state index contributed by atoms with van der Waals surface area (Å²) in [6.07, 6.45) is 3.78. The van der Waals surface area contributed by atoms with Gasteiger partial charge in [-0.05, 0) is 44.0 Å². The number of carbonyl (C=O) groups excluding carboxylic acids is 1. The van der Waals surface area contributed by atoms with Crippen molar-refractivity contribution in [1.29, 1.82) is 0 Å². The van der Waals surface area contributed by atoms with Crippen LogP contribution in [0, 0.1) is 6.92 Å². The van der Waals surface area contributed by atoms with Gasteiger partial charge in [0.2, 0.25) is 0 Å². The number of hydrogen-bond acceptors (Lipinski definition) is 4. The van der Waals surface area contributed by atoms with Crippen molar-refractivity contribution in [2.24, 2.45) is 0 Å². The number of fused-ring (bicyclic) bond motifs is 1. The number of para-hydroxylation sites is 1. The number of halogens is 1. The fraction of sp³-hybridized carbons (Fsp3) is 0.250. The summed E-state index contributed by atoms with van der Waals surface area (Å²) in [6.45, 7) is 3.57. The molecule has 1 fully saturated rings. The molecule has 0 bridgehead atoms. The summed E-state index contributed by atoms with van der Waals surface area (Å²) in [6, 6.07) is 13.8. The van der Waals surface area contributed by atoms with Crippen molar-refractivity contribution in [3.63, 3.8) is 0 Å². The Labute approximate surface area is 158 Å². The lowest BCUT2D eigenvalue weighted by Gasteiger charge is -2.19. The van der Waals surface area contributed by atoms with Gasteiger partial charge in [-0.1, -0.05) is 18.2 Å². The van der Waals surface area contributed by atoms with Crippen LogP contribution in [0.3, 0.4) is 0 Å². The average Bonchev–Trinajstić information content (AvgIpc) is 3.17. The van der Waals surface area contributed by atoms with E-state index in [1.807, 2.05) is 54.3 Å². The monoisotopic (exact) mass is 368 g/mol. The van der Waals surface area contributed by atoms with Gasteiger partial charge < -0.3 is 10.2 Å². The number of hydrogen-bond donors (Lipinski definition) is 1. The van der Waals surface area contributed by atoms with Crippen molar-refractivity contribution in [3.05, 3.63) is 59.9 Å². The van der Waals surface area contributed by atoms with Gasteiger partial charge in [0.15, 0.2) is 5.65 Å². The maximum absolute atomic E-state index is 13.0. The van der Waals surface area contributed by atoms with Gasteiger partial charge in [0.25, 0.3) is 5.91 Å². The first-order valence-corrected chi connectivity index (χ1v) is 8.60. The quantitative estimate of drug-likeness (QED) is 0.747. The molecule has 0 spiro atoms. The predicted molar refractivity (Wildman–Crippen MR) is 106 cm³/mol. The molecule has 26 heavy (non-hydrogen) atoms. The molecule has 3 heterocycles. The first kappa shape index (κ1) is 18.1. The van der Waals surface area contributed by atoms with E-state index in [0.29, 0.717) is 11.2 Å². The van der Waals surface area contributed by atoms with E-state index in [1.165, 1.54) is 0 Å². The molecule has 0 unspecified atom stereocenters. The van der Waals surface area contributed by atoms with Crippen molar-refractivity contribution in [2.45, 2.75) is 19.8 Å². The summed E-state index contributed by atoms with van der Waals surface area (Å²) in [5.41, 5.74) is 3.87. The van der Waals surface area contributed by atoms with Crippen LogP contribution in [-0.4, -0.2) is 33.9 Å². The zero-order chi connectivity index (χ0) is 17.2. The Morgan fingerprint density at radius 3 is 2.54 bits per heavy atom. The smallest absolute Gasteiger partial charge is 0.257 e. The van der Waals surface area contributed by atoms with Gasteiger partial charge in [0.05, 0.1) is 11.3 Å². The number of likely N-dealkylation sites (tertiary alicyclic amines) is 1. The molecule has 0 radical (unpaired) electrons. The Hall–Kier alpha value is -2.66. The molecular formula is C20H21ClN4O. The van der Waals surface area contributed by atoms with Crippen LogP contribution < -0.4 is 5.32 Å². The molecule has 1 aromatic carbocycles. The van der Waals surface area contributed by atoms with E-state index in [4.69, 9.17) is 0 Å². The SMILES string of the molecule is Cc1ccc2c(Nc3ccccc3)c(C(=O)N3CCCC3)cnc2n1.Cl. The molecule has 4 rings (SSSR count). The number of amides is 1. The molecule has 1 N–H and O–H groups in total. The normalized spacial score (nSPS) is 13.5. The average molecular weight is 369 g/mol.